The van der Waals surface area contributed by atoms with Crippen LogP contribution in [0.2, 0.25) is 0 Å². The van der Waals surface area contributed by atoms with E-state index in [9.17, 15) is 4.79 Å². The van der Waals surface area contributed by atoms with E-state index in [-0.39, 0.29) is 12.3 Å². The Balaban J connectivity index is 2.54. The number of ether oxygens (including phenoxy) is 1. The molecule has 0 aliphatic heterocycles. The third-order valence-electron chi connectivity index (χ3n) is 3.37. The summed E-state index contributed by atoms with van der Waals surface area (Å²) in [6, 6.07) is 5.78. The lowest BCUT2D eigenvalue weighted by molar-refractivity contribution is -0.137. The number of aromatic nitrogens is 1. The van der Waals surface area contributed by atoms with E-state index in [4.69, 9.17) is 15.6 Å². The zero-order valence-electron chi connectivity index (χ0n) is 11.1. The third-order valence-corrected chi connectivity index (χ3v) is 3.37. The van der Waals surface area contributed by atoms with E-state index >= 15 is 0 Å². The number of benzene rings is 1. The third kappa shape index (κ3) is 2.56. The van der Waals surface area contributed by atoms with Crippen LogP contribution in [0, 0.1) is 0 Å². The molecule has 0 aliphatic rings. The van der Waals surface area contributed by atoms with E-state index in [1.165, 1.54) is 0 Å². The molecule has 1 unspecified atom stereocenters. The molecule has 1 aromatic heterocycles. The molecule has 0 radical (unpaired) electrons. The highest BCUT2D eigenvalue weighted by molar-refractivity contribution is 5.86. The molecular weight excluding hydrogens is 244 g/mol. The van der Waals surface area contributed by atoms with Crippen molar-refractivity contribution in [3.05, 3.63) is 30.0 Å². The first kappa shape index (κ1) is 13.4. The molecule has 5 heteroatoms. The van der Waals surface area contributed by atoms with Gasteiger partial charge in [-0.05, 0) is 30.3 Å². The number of carboxylic acid groups (broad SMARTS) is 1. The Morgan fingerprint density at radius 1 is 1.53 bits per heavy atom. The first-order valence-electron chi connectivity index (χ1n) is 6.11. The predicted octanol–water partition coefficient (Wildman–Crippen LogP) is 1.70. The quantitative estimate of drug-likeness (QED) is 0.859. The van der Waals surface area contributed by atoms with Gasteiger partial charge in [0.25, 0.3) is 0 Å². The number of carboxylic acids is 1. The van der Waals surface area contributed by atoms with Crippen molar-refractivity contribution in [2.24, 2.45) is 12.8 Å². The highest BCUT2D eigenvalue weighted by Crippen LogP contribution is 2.31. The minimum Gasteiger partial charge on any atom is -0.497 e. The summed E-state index contributed by atoms with van der Waals surface area (Å²) in [6.07, 6.45) is 1.98. The van der Waals surface area contributed by atoms with Gasteiger partial charge in [0.15, 0.2) is 0 Å². The molecule has 0 fully saturated rings. The SMILES string of the molecule is COc1ccc2c(c1)c(C(CN)CC(=O)O)cn2C. The number of carbonyl (C=O) groups is 1. The van der Waals surface area contributed by atoms with Crippen LogP contribution < -0.4 is 10.5 Å². The lowest BCUT2D eigenvalue weighted by Crippen LogP contribution is -2.16. The molecule has 1 heterocycles. The summed E-state index contributed by atoms with van der Waals surface area (Å²) >= 11 is 0. The fourth-order valence-corrected chi connectivity index (χ4v) is 2.38. The number of fused-ring (bicyclic) bond motifs is 1. The van der Waals surface area contributed by atoms with Crippen molar-refractivity contribution in [1.82, 2.24) is 4.57 Å². The van der Waals surface area contributed by atoms with Gasteiger partial charge in [0.2, 0.25) is 0 Å². The molecule has 19 heavy (non-hydrogen) atoms. The highest BCUT2D eigenvalue weighted by atomic mass is 16.5. The largest absolute Gasteiger partial charge is 0.497 e. The fraction of sp³-hybridized carbons (Fsp3) is 0.357. The maximum Gasteiger partial charge on any atom is 0.304 e. The Bertz CT molecular complexity index is 604. The Morgan fingerprint density at radius 3 is 2.84 bits per heavy atom. The number of methoxy groups -OCH3 is 1. The van der Waals surface area contributed by atoms with Crippen LogP contribution in [-0.2, 0) is 11.8 Å². The molecule has 2 rings (SSSR count). The van der Waals surface area contributed by atoms with E-state index in [0.717, 1.165) is 22.2 Å². The summed E-state index contributed by atoms with van der Waals surface area (Å²) in [6.45, 7) is 0.308. The van der Waals surface area contributed by atoms with Gasteiger partial charge in [-0.3, -0.25) is 4.79 Å². The molecule has 5 nitrogen and oxygen atoms in total. The minimum atomic E-state index is -0.838. The second-order valence-electron chi connectivity index (χ2n) is 4.61. The maximum atomic E-state index is 10.9. The second kappa shape index (κ2) is 5.32. The van der Waals surface area contributed by atoms with Crippen molar-refractivity contribution in [2.45, 2.75) is 12.3 Å². The number of nitrogens with zero attached hydrogens (tertiary/aromatic N) is 1. The van der Waals surface area contributed by atoms with Crippen LogP contribution in [0.4, 0.5) is 0 Å². The molecule has 0 amide bonds. The molecule has 2 aromatic rings. The minimum absolute atomic E-state index is 0.0345. The molecular formula is C14H18N2O3. The Hall–Kier alpha value is -2.01. The Morgan fingerprint density at radius 2 is 2.26 bits per heavy atom. The Kier molecular flexibility index (Phi) is 3.76. The predicted molar refractivity (Wildman–Crippen MR) is 73.5 cm³/mol. The molecule has 0 saturated heterocycles. The lowest BCUT2D eigenvalue weighted by Gasteiger charge is -2.11. The van der Waals surface area contributed by atoms with Crippen LogP contribution in [0.1, 0.15) is 17.9 Å². The number of nitrogens with two attached hydrogens (primary N) is 1. The number of aryl methyl sites for hydroxylation is 1. The second-order valence-corrected chi connectivity index (χ2v) is 4.61. The van der Waals surface area contributed by atoms with Crippen LogP contribution in [0.5, 0.6) is 5.75 Å². The van der Waals surface area contributed by atoms with Gasteiger partial charge in [0.05, 0.1) is 13.5 Å². The van der Waals surface area contributed by atoms with Gasteiger partial charge in [-0.2, -0.15) is 0 Å². The monoisotopic (exact) mass is 262 g/mol. The standard InChI is InChI=1S/C14H18N2O3/c1-16-8-12(9(7-15)5-14(17)18)11-6-10(19-2)3-4-13(11)16/h3-4,6,8-9H,5,7,15H2,1-2H3,(H,17,18). The van der Waals surface area contributed by atoms with E-state index in [2.05, 4.69) is 0 Å². The van der Waals surface area contributed by atoms with Gasteiger partial charge in [0.1, 0.15) is 5.75 Å². The molecule has 0 spiro atoms. The molecule has 1 aromatic carbocycles. The first-order chi connectivity index (χ1) is 9.06. The number of aliphatic carboxylic acids is 1. The number of hydrogen-bond donors (Lipinski definition) is 2. The average Bonchev–Trinajstić information content (AvgIpc) is 2.72. The summed E-state index contributed by atoms with van der Waals surface area (Å²) in [5.41, 5.74) is 7.72. The average molecular weight is 262 g/mol. The first-order valence-corrected chi connectivity index (χ1v) is 6.11. The van der Waals surface area contributed by atoms with Gasteiger partial charge in [-0.25, -0.2) is 0 Å². The summed E-state index contributed by atoms with van der Waals surface area (Å²) in [5.74, 6) is -0.269. The highest BCUT2D eigenvalue weighted by Gasteiger charge is 2.19. The summed E-state index contributed by atoms with van der Waals surface area (Å²) < 4.78 is 7.20. The van der Waals surface area contributed by atoms with Gasteiger partial charge < -0.3 is 20.1 Å². The van der Waals surface area contributed by atoms with Crippen molar-refractivity contribution in [3.8, 4) is 5.75 Å². The van der Waals surface area contributed by atoms with Crippen molar-refractivity contribution in [2.75, 3.05) is 13.7 Å². The Labute approximate surface area is 111 Å². The molecule has 102 valence electrons. The van der Waals surface area contributed by atoms with Gasteiger partial charge >= 0.3 is 5.97 Å². The van der Waals surface area contributed by atoms with E-state index in [1.807, 2.05) is 36.0 Å². The summed E-state index contributed by atoms with van der Waals surface area (Å²) in [5, 5.41) is 9.97. The smallest absolute Gasteiger partial charge is 0.304 e. The molecule has 0 bridgehead atoms. The topological polar surface area (TPSA) is 77.5 Å². The van der Waals surface area contributed by atoms with Crippen LogP contribution in [0.25, 0.3) is 10.9 Å². The summed E-state index contributed by atoms with van der Waals surface area (Å²) in [7, 11) is 3.55. The van der Waals surface area contributed by atoms with Crippen LogP contribution in [0.3, 0.4) is 0 Å². The van der Waals surface area contributed by atoms with E-state index in [0.29, 0.717) is 6.54 Å². The van der Waals surface area contributed by atoms with Gasteiger partial charge in [-0.1, -0.05) is 0 Å². The molecule has 3 N–H and O–H groups in total. The lowest BCUT2D eigenvalue weighted by atomic mass is 9.95. The van der Waals surface area contributed by atoms with Crippen LogP contribution in [-0.4, -0.2) is 29.3 Å². The number of rotatable bonds is 5. The number of hydrogen-bond acceptors (Lipinski definition) is 3. The van der Waals surface area contributed by atoms with Gasteiger partial charge in [-0.15, -0.1) is 0 Å². The zero-order valence-corrected chi connectivity index (χ0v) is 11.1. The fourth-order valence-electron chi connectivity index (χ4n) is 2.38. The van der Waals surface area contributed by atoms with Gasteiger partial charge in [0, 0.05) is 30.1 Å². The molecule has 0 saturated carbocycles. The zero-order chi connectivity index (χ0) is 14.0. The maximum absolute atomic E-state index is 10.9. The van der Waals surface area contributed by atoms with Crippen molar-refractivity contribution in [3.63, 3.8) is 0 Å². The van der Waals surface area contributed by atoms with E-state index in [1.54, 1.807) is 7.11 Å². The van der Waals surface area contributed by atoms with Crippen molar-refractivity contribution >= 4 is 16.9 Å². The normalized spacial score (nSPS) is 12.6. The van der Waals surface area contributed by atoms with Crippen LogP contribution >= 0.6 is 0 Å². The van der Waals surface area contributed by atoms with Crippen molar-refractivity contribution in [1.29, 1.82) is 0 Å². The summed E-state index contributed by atoms with van der Waals surface area (Å²) in [4.78, 5) is 10.9. The van der Waals surface area contributed by atoms with E-state index < -0.39 is 5.97 Å². The van der Waals surface area contributed by atoms with Crippen LogP contribution in [0.15, 0.2) is 24.4 Å². The van der Waals surface area contributed by atoms with Crippen molar-refractivity contribution < 1.29 is 14.6 Å². The molecule has 0 aliphatic carbocycles. The molecule has 1 atom stereocenters.